The highest BCUT2D eigenvalue weighted by molar-refractivity contribution is 5.76. The Morgan fingerprint density at radius 2 is 2.00 bits per heavy atom. The highest BCUT2D eigenvalue weighted by Crippen LogP contribution is 2.23. The largest absolute Gasteiger partial charge is 0.508 e. The van der Waals surface area contributed by atoms with Gasteiger partial charge in [0.15, 0.2) is 6.10 Å². The Morgan fingerprint density at radius 3 is 2.54 bits per heavy atom. The van der Waals surface area contributed by atoms with Crippen molar-refractivity contribution in [2.45, 2.75) is 6.10 Å². The molecule has 0 amide bonds. The van der Waals surface area contributed by atoms with Gasteiger partial charge >= 0.3 is 5.97 Å². The van der Waals surface area contributed by atoms with Crippen LogP contribution in [0.15, 0.2) is 24.3 Å². The molecule has 1 aromatic carbocycles. The van der Waals surface area contributed by atoms with Crippen molar-refractivity contribution in [1.29, 1.82) is 0 Å². The van der Waals surface area contributed by atoms with Gasteiger partial charge in [-0.2, -0.15) is 5.26 Å². The van der Waals surface area contributed by atoms with Crippen molar-refractivity contribution in [2.24, 2.45) is 0 Å². The maximum Gasteiger partial charge on any atom is 0.374 e. The van der Waals surface area contributed by atoms with Gasteiger partial charge in [-0.15, -0.1) is 0 Å². The highest BCUT2D eigenvalue weighted by Gasteiger charge is 2.21. The molecule has 0 spiro atoms. The fraction of sp³-hybridized carbons (Fsp3) is 0.125. The summed E-state index contributed by atoms with van der Waals surface area (Å²) in [5.74, 6) is -1.47. The van der Waals surface area contributed by atoms with Gasteiger partial charge in [0.25, 0.3) is 0 Å². The van der Waals surface area contributed by atoms with Crippen LogP contribution >= 0.6 is 0 Å². The summed E-state index contributed by atoms with van der Waals surface area (Å²) >= 11 is 0. The number of carbonyl (C=O) groups is 1. The standard InChI is InChI=1S/C8H8O5/c9-6-4-2-1-3-5(6)7(10)8(11)13-12/h1-4,7,9-10,12H. The monoisotopic (exact) mass is 184 g/mol. The molecule has 0 fully saturated rings. The molecule has 0 aliphatic carbocycles. The van der Waals surface area contributed by atoms with E-state index in [1.165, 1.54) is 24.3 Å². The van der Waals surface area contributed by atoms with Crippen molar-refractivity contribution in [2.75, 3.05) is 0 Å². The van der Waals surface area contributed by atoms with E-state index in [0.29, 0.717) is 0 Å². The third-order valence-electron chi connectivity index (χ3n) is 1.54. The molecule has 5 heteroatoms. The van der Waals surface area contributed by atoms with Gasteiger partial charge < -0.3 is 10.2 Å². The van der Waals surface area contributed by atoms with E-state index in [2.05, 4.69) is 4.89 Å². The van der Waals surface area contributed by atoms with Crippen LogP contribution in [0, 0.1) is 0 Å². The van der Waals surface area contributed by atoms with Gasteiger partial charge in [0.2, 0.25) is 0 Å². The lowest BCUT2D eigenvalue weighted by Crippen LogP contribution is -2.13. The molecule has 70 valence electrons. The van der Waals surface area contributed by atoms with E-state index in [4.69, 9.17) is 5.26 Å². The Kier molecular flexibility index (Phi) is 2.84. The zero-order chi connectivity index (χ0) is 9.84. The molecule has 0 aromatic heterocycles. The molecular weight excluding hydrogens is 176 g/mol. The third kappa shape index (κ3) is 1.95. The summed E-state index contributed by atoms with van der Waals surface area (Å²) in [6.07, 6.45) is -1.67. The summed E-state index contributed by atoms with van der Waals surface area (Å²) in [6.45, 7) is 0. The zero-order valence-electron chi connectivity index (χ0n) is 6.54. The second-order valence-electron chi connectivity index (χ2n) is 2.37. The fourth-order valence-corrected chi connectivity index (χ4v) is 0.896. The number of rotatable bonds is 2. The molecule has 3 N–H and O–H groups in total. The Bertz CT molecular complexity index is 309. The van der Waals surface area contributed by atoms with Gasteiger partial charge in [0.1, 0.15) is 5.75 Å². The van der Waals surface area contributed by atoms with E-state index >= 15 is 0 Å². The van der Waals surface area contributed by atoms with Crippen LogP contribution in [0.2, 0.25) is 0 Å². The molecule has 1 rings (SSSR count). The summed E-state index contributed by atoms with van der Waals surface area (Å²) in [4.78, 5) is 14.0. The topological polar surface area (TPSA) is 87.0 Å². The number of phenolic OH excluding ortho intramolecular Hbond substituents is 1. The quantitative estimate of drug-likeness (QED) is 0.458. The van der Waals surface area contributed by atoms with E-state index in [1.54, 1.807) is 0 Å². The first-order valence-electron chi connectivity index (χ1n) is 3.48. The van der Waals surface area contributed by atoms with Crippen molar-refractivity contribution in [1.82, 2.24) is 0 Å². The predicted octanol–water partition coefficient (Wildman–Crippen LogP) is 0.442. The summed E-state index contributed by atoms with van der Waals surface area (Å²) in [7, 11) is 0. The molecule has 0 aliphatic heterocycles. The number of aromatic hydroxyl groups is 1. The number of carbonyl (C=O) groups excluding carboxylic acids is 1. The minimum absolute atomic E-state index is 0.0125. The van der Waals surface area contributed by atoms with E-state index in [1.807, 2.05) is 0 Å². The van der Waals surface area contributed by atoms with Gasteiger partial charge in [-0.3, -0.25) is 4.89 Å². The third-order valence-corrected chi connectivity index (χ3v) is 1.54. The molecule has 5 nitrogen and oxygen atoms in total. The van der Waals surface area contributed by atoms with Crippen LogP contribution in [0.4, 0.5) is 0 Å². The lowest BCUT2D eigenvalue weighted by molar-refractivity contribution is -0.243. The number of para-hydroxylation sites is 1. The number of hydrogen-bond acceptors (Lipinski definition) is 5. The summed E-state index contributed by atoms with van der Waals surface area (Å²) in [5, 5.41) is 26.3. The maximum atomic E-state index is 10.6. The van der Waals surface area contributed by atoms with Crippen LogP contribution in [0.3, 0.4) is 0 Å². The van der Waals surface area contributed by atoms with Crippen LogP contribution in [-0.2, 0) is 9.68 Å². The Balaban J connectivity index is 2.95. The minimum Gasteiger partial charge on any atom is -0.508 e. The highest BCUT2D eigenvalue weighted by atomic mass is 17.1. The van der Waals surface area contributed by atoms with E-state index in [-0.39, 0.29) is 11.3 Å². The SMILES string of the molecule is O=C(OO)C(O)c1ccccc1O. The molecule has 13 heavy (non-hydrogen) atoms. The second kappa shape index (κ2) is 3.88. The van der Waals surface area contributed by atoms with Crippen LogP contribution in [0.25, 0.3) is 0 Å². The fourth-order valence-electron chi connectivity index (χ4n) is 0.896. The maximum absolute atomic E-state index is 10.6. The molecule has 1 atom stereocenters. The minimum atomic E-state index is -1.67. The second-order valence-corrected chi connectivity index (χ2v) is 2.37. The molecule has 0 saturated heterocycles. The van der Waals surface area contributed by atoms with Crippen molar-refractivity contribution in [3.63, 3.8) is 0 Å². The van der Waals surface area contributed by atoms with Crippen molar-refractivity contribution in [3.05, 3.63) is 29.8 Å². The van der Waals surface area contributed by atoms with Crippen molar-refractivity contribution >= 4 is 5.97 Å². The zero-order valence-corrected chi connectivity index (χ0v) is 6.54. The van der Waals surface area contributed by atoms with E-state index in [9.17, 15) is 15.0 Å². The van der Waals surface area contributed by atoms with Crippen molar-refractivity contribution in [3.8, 4) is 5.75 Å². The number of hydrogen-bond donors (Lipinski definition) is 3. The molecule has 0 bridgehead atoms. The summed E-state index contributed by atoms with van der Waals surface area (Å²) in [5.41, 5.74) is -0.0125. The van der Waals surface area contributed by atoms with Crippen LogP contribution < -0.4 is 0 Å². The molecule has 1 aromatic rings. The van der Waals surface area contributed by atoms with Gasteiger partial charge in [0, 0.05) is 5.56 Å². The smallest absolute Gasteiger partial charge is 0.374 e. The first-order valence-corrected chi connectivity index (χ1v) is 3.48. The average Bonchev–Trinajstić information content (AvgIpc) is 2.16. The molecule has 1 unspecified atom stereocenters. The number of aliphatic hydroxyl groups excluding tert-OH is 1. The molecule has 0 saturated carbocycles. The Morgan fingerprint density at radius 1 is 1.38 bits per heavy atom. The normalized spacial score (nSPS) is 12.2. The van der Waals surface area contributed by atoms with Crippen molar-refractivity contribution < 1.29 is 25.2 Å². The number of phenols is 1. The van der Waals surface area contributed by atoms with Crippen LogP contribution in [0.5, 0.6) is 5.75 Å². The summed E-state index contributed by atoms with van der Waals surface area (Å²) in [6, 6.07) is 5.72. The molecular formula is C8H8O5. The van der Waals surface area contributed by atoms with E-state index < -0.39 is 12.1 Å². The van der Waals surface area contributed by atoms with Gasteiger partial charge in [-0.05, 0) is 6.07 Å². The van der Waals surface area contributed by atoms with Crippen LogP contribution in [-0.4, -0.2) is 21.4 Å². The predicted molar refractivity (Wildman–Crippen MR) is 41.8 cm³/mol. The number of benzene rings is 1. The Labute approximate surface area is 73.7 Å². The van der Waals surface area contributed by atoms with Crippen LogP contribution in [0.1, 0.15) is 11.7 Å². The lowest BCUT2D eigenvalue weighted by Gasteiger charge is -2.07. The molecule has 0 radical (unpaired) electrons. The van der Waals surface area contributed by atoms with E-state index in [0.717, 1.165) is 0 Å². The van der Waals surface area contributed by atoms with Gasteiger partial charge in [-0.25, -0.2) is 4.79 Å². The molecule has 0 heterocycles. The van der Waals surface area contributed by atoms with Gasteiger partial charge in [0.05, 0.1) is 0 Å². The average molecular weight is 184 g/mol. The lowest BCUT2D eigenvalue weighted by atomic mass is 10.1. The molecule has 0 aliphatic rings. The summed E-state index contributed by atoms with van der Waals surface area (Å²) < 4.78 is 0. The first-order chi connectivity index (χ1) is 6.16. The first kappa shape index (κ1) is 9.50. The number of aliphatic hydroxyl groups is 1. The Hall–Kier alpha value is -1.59. The van der Waals surface area contributed by atoms with Gasteiger partial charge in [-0.1, -0.05) is 18.2 Å².